The fourth-order valence-corrected chi connectivity index (χ4v) is 1.48. The van der Waals surface area contributed by atoms with Gasteiger partial charge in [-0.3, -0.25) is 4.79 Å². The Kier molecular flexibility index (Phi) is 3.96. The lowest BCUT2D eigenvalue weighted by atomic mass is 10.1. The molecule has 0 aromatic carbocycles. The Balaban J connectivity index is 2.30. The maximum Gasteiger partial charge on any atom is 0.244 e. The molecule has 2 N–H and O–H groups in total. The fourth-order valence-electron chi connectivity index (χ4n) is 1.48. The van der Waals surface area contributed by atoms with Crippen molar-refractivity contribution in [2.45, 2.75) is 32.7 Å². The van der Waals surface area contributed by atoms with Gasteiger partial charge in [0.2, 0.25) is 5.91 Å². The molecule has 1 saturated heterocycles. The first-order valence-electron chi connectivity index (χ1n) is 4.84. The minimum atomic E-state index is 0.0358. The van der Waals surface area contributed by atoms with Crippen LogP contribution in [0.3, 0.4) is 0 Å². The van der Waals surface area contributed by atoms with Gasteiger partial charge < -0.3 is 10.6 Å². The fraction of sp³-hybridized carbons (Fsp3) is 0.700. The quantitative estimate of drug-likeness (QED) is 0.621. The number of nitrogens with one attached hydrogen (secondary N) is 2. The van der Waals surface area contributed by atoms with E-state index in [-0.39, 0.29) is 5.91 Å². The number of hydrogen-bond donors (Lipinski definition) is 2. The predicted octanol–water partition coefficient (Wildman–Crippen LogP) is 0.821. The van der Waals surface area contributed by atoms with E-state index in [2.05, 4.69) is 10.6 Å². The Morgan fingerprint density at radius 3 is 2.85 bits per heavy atom. The molecule has 1 aliphatic heterocycles. The number of carbonyl (C=O) groups excluding carboxylic acids is 1. The van der Waals surface area contributed by atoms with E-state index in [1.165, 1.54) is 0 Å². The molecule has 1 rings (SSSR count). The van der Waals surface area contributed by atoms with Gasteiger partial charge in [-0.25, -0.2) is 0 Å². The van der Waals surface area contributed by atoms with Crippen LogP contribution in [0.5, 0.6) is 0 Å². The van der Waals surface area contributed by atoms with Gasteiger partial charge in [-0.1, -0.05) is 5.57 Å². The molecule has 0 bridgehead atoms. The maximum atomic E-state index is 11.3. The summed E-state index contributed by atoms with van der Waals surface area (Å²) in [6.07, 6.45) is 3.89. The predicted molar refractivity (Wildman–Crippen MR) is 53.5 cm³/mol. The molecule has 1 heterocycles. The van der Waals surface area contributed by atoms with Crippen LogP contribution in [-0.4, -0.2) is 25.0 Å². The summed E-state index contributed by atoms with van der Waals surface area (Å²) in [5.74, 6) is 0.0358. The van der Waals surface area contributed by atoms with Crippen molar-refractivity contribution in [1.82, 2.24) is 10.6 Å². The zero-order valence-corrected chi connectivity index (χ0v) is 8.39. The van der Waals surface area contributed by atoms with Crippen molar-refractivity contribution < 1.29 is 4.79 Å². The van der Waals surface area contributed by atoms with Gasteiger partial charge in [0.05, 0.1) is 0 Å². The third-order valence-corrected chi connectivity index (χ3v) is 2.06. The van der Waals surface area contributed by atoms with Gasteiger partial charge in [-0.05, 0) is 33.2 Å². The van der Waals surface area contributed by atoms with Gasteiger partial charge in [-0.2, -0.15) is 0 Å². The van der Waals surface area contributed by atoms with Crippen LogP contribution < -0.4 is 10.6 Å². The molecule has 1 atom stereocenters. The summed E-state index contributed by atoms with van der Waals surface area (Å²) in [5.41, 5.74) is 1.04. The Morgan fingerprint density at radius 1 is 1.54 bits per heavy atom. The lowest BCUT2D eigenvalue weighted by Crippen LogP contribution is -2.45. The number of piperidine rings is 1. The van der Waals surface area contributed by atoms with Gasteiger partial charge in [0.15, 0.2) is 0 Å². The SMILES string of the molecule is CC(C)=CC(=O)N[C@@H]1CCCNC1. The summed E-state index contributed by atoms with van der Waals surface area (Å²) in [4.78, 5) is 11.3. The molecule has 3 heteroatoms. The Bertz CT molecular complexity index is 201. The molecule has 1 aliphatic rings. The molecular formula is C10H18N2O. The minimum absolute atomic E-state index is 0.0358. The van der Waals surface area contributed by atoms with E-state index in [0.29, 0.717) is 6.04 Å². The van der Waals surface area contributed by atoms with Crippen LogP contribution >= 0.6 is 0 Å². The maximum absolute atomic E-state index is 11.3. The average molecular weight is 182 g/mol. The van der Waals surface area contributed by atoms with E-state index in [9.17, 15) is 4.79 Å². The smallest absolute Gasteiger partial charge is 0.244 e. The van der Waals surface area contributed by atoms with Crippen molar-refractivity contribution in [2.75, 3.05) is 13.1 Å². The van der Waals surface area contributed by atoms with Crippen LogP contribution in [0.15, 0.2) is 11.6 Å². The number of hydrogen-bond acceptors (Lipinski definition) is 2. The van der Waals surface area contributed by atoms with E-state index in [0.717, 1.165) is 31.5 Å². The van der Waals surface area contributed by atoms with Crippen LogP contribution in [0, 0.1) is 0 Å². The second-order valence-corrected chi connectivity index (χ2v) is 3.77. The molecule has 1 fully saturated rings. The van der Waals surface area contributed by atoms with Crippen molar-refractivity contribution in [1.29, 1.82) is 0 Å². The van der Waals surface area contributed by atoms with E-state index in [1.807, 2.05) is 13.8 Å². The lowest BCUT2D eigenvalue weighted by Gasteiger charge is -2.23. The highest BCUT2D eigenvalue weighted by molar-refractivity contribution is 5.88. The first kappa shape index (κ1) is 10.3. The minimum Gasteiger partial charge on any atom is -0.349 e. The highest BCUT2D eigenvalue weighted by Gasteiger charge is 2.13. The standard InChI is InChI=1S/C10H18N2O/c1-8(2)6-10(13)12-9-4-3-5-11-7-9/h6,9,11H,3-5,7H2,1-2H3,(H,12,13)/t9-/m1/s1. The summed E-state index contributed by atoms with van der Waals surface area (Å²) in [6, 6.07) is 0.317. The summed E-state index contributed by atoms with van der Waals surface area (Å²) >= 11 is 0. The Hall–Kier alpha value is -0.830. The molecular weight excluding hydrogens is 164 g/mol. The van der Waals surface area contributed by atoms with Crippen LogP contribution in [0.4, 0.5) is 0 Å². The summed E-state index contributed by atoms with van der Waals surface area (Å²) < 4.78 is 0. The molecule has 1 amide bonds. The average Bonchev–Trinajstić information content (AvgIpc) is 2.04. The molecule has 13 heavy (non-hydrogen) atoms. The van der Waals surface area contributed by atoms with Crippen molar-refractivity contribution in [2.24, 2.45) is 0 Å². The van der Waals surface area contributed by atoms with Crippen LogP contribution in [0.1, 0.15) is 26.7 Å². The third-order valence-electron chi connectivity index (χ3n) is 2.06. The first-order valence-corrected chi connectivity index (χ1v) is 4.84. The molecule has 3 nitrogen and oxygen atoms in total. The molecule has 0 saturated carbocycles. The van der Waals surface area contributed by atoms with Crippen molar-refractivity contribution >= 4 is 5.91 Å². The normalized spacial score (nSPS) is 22.2. The molecule has 74 valence electrons. The molecule has 0 radical (unpaired) electrons. The zero-order valence-electron chi connectivity index (χ0n) is 8.39. The Morgan fingerprint density at radius 2 is 2.31 bits per heavy atom. The molecule has 0 aromatic rings. The summed E-state index contributed by atoms with van der Waals surface area (Å²) in [6.45, 7) is 5.84. The number of amides is 1. The molecule has 0 aliphatic carbocycles. The van der Waals surface area contributed by atoms with E-state index >= 15 is 0 Å². The molecule has 0 unspecified atom stereocenters. The summed E-state index contributed by atoms with van der Waals surface area (Å²) in [5, 5.41) is 6.23. The highest BCUT2D eigenvalue weighted by Crippen LogP contribution is 2.01. The van der Waals surface area contributed by atoms with Gasteiger partial charge in [0.1, 0.15) is 0 Å². The van der Waals surface area contributed by atoms with Crippen molar-refractivity contribution in [3.63, 3.8) is 0 Å². The van der Waals surface area contributed by atoms with E-state index < -0.39 is 0 Å². The first-order chi connectivity index (χ1) is 6.18. The largest absolute Gasteiger partial charge is 0.349 e. The summed E-state index contributed by atoms with van der Waals surface area (Å²) in [7, 11) is 0. The van der Waals surface area contributed by atoms with Gasteiger partial charge in [0.25, 0.3) is 0 Å². The van der Waals surface area contributed by atoms with Gasteiger partial charge in [-0.15, -0.1) is 0 Å². The monoisotopic (exact) mass is 182 g/mol. The second kappa shape index (κ2) is 5.02. The van der Waals surface area contributed by atoms with Gasteiger partial charge >= 0.3 is 0 Å². The molecule has 0 aromatic heterocycles. The third kappa shape index (κ3) is 4.08. The highest BCUT2D eigenvalue weighted by atomic mass is 16.1. The second-order valence-electron chi connectivity index (χ2n) is 3.77. The topological polar surface area (TPSA) is 41.1 Å². The van der Waals surface area contributed by atoms with Crippen LogP contribution in [-0.2, 0) is 4.79 Å². The van der Waals surface area contributed by atoms with E-state index in [1.54, 1.807) is 6.08 Å². The lowest BCUT2D eigenvalue weighted by molar-refractivity contribution is -0.117. The van der Waals surface area contributed by atoms with Gasteiger partial charge in [0, 0.05) is 18.7 Å². The van der Waals surface area contributed by atoms with E-state index in [4.69, 9.17) is 0 Å². The van der Waals surface area contributed by atoms with Crippen molar-refractivity contribution in [3.05, 3.63) is 11.6 Å². The molecule has 0 spiro atoms. The zero-order chi connectivity index (χ0) is 9.68. The number of allylic oxidation sites excluding steroid dienone is 1. The van der Waals surface area contributed by atoms with Crippen molar-refractivity contribution in [3.8, 4) is 0 Å². The number of carbonyl (C=O) groups is 1. The number of rotatable bonds is 2. The van der Waals surface area contributed by atoms with Crippen LogP contribution in [0.2, 0.25) is 0 Å². The Labute approximate surface area is 79.6 Å². The van der Waals surface area contributed by atoms with Crippen LogP contribution in [0.25, 0.3) is 0 Å².